The molecule has 0 fully saturated rings. The van der Waals surface area contributed by atoms with Gasteiger partial charge < -0.3 is 15.0 Å². The first-order valence-electron chi connectivity index (χ1n) is 9.19. The fourth-order valence-corrected chi connectivity index (χ4v) is 3.52. The highest BCUT2D eigenvalue weighted by Crippen LogP contribution is 2.27. The molecule has 2 amide bonds. The monoisotopic (exact) mass is 362 g/mol. The molecule has 27 heavy (non-hydrogen) atoms. The first kappa shape index (κ1) is 17.3. The zero-order chi connectivity index (χ0) is 18.8. The smallest absolute Gasteiger partial charge is 0.227 e. The van der Waals surface area contributed by atoms with Crippen molar-refractivity contribution in [3.63, 3.8) is 0 Å². The van der Waals surface area contributed by atoms with Crippen LogP contribution < -0.4 is 10.6 Å². The summed E-state index contributed by atoms with van der Waals surface area (Å²) in [5, 5.41) is 5.83. The lowest BCUT2D eigenvalue weighted by atomic mass is 9.89. The highest BCUT2D eigenvalue weighted by atomic mass is 16.2. The number of imidazole rings is 1. The molecule has 0 aliphatic carbocycles. The number of aromatic nitrogens is 2. The van der Waals surface area contributed by atoms with Gasteiger partial charge in [-0.15, -0.1) is 0 Å². The quantitative estimate of drug-likeness (QED) is 0.733. The predicted octanol–water partition coefficient (Wildman–Crippen LogP) is 2.85. The number of pyridine rings is 1. The number of para-hydroxylation sites is 1. The van der Waals surface area contributed by atoms with Crippen LogP contribution in [-0.4, -0.2) is 21.2 Å². The van der Waals surface area contributed by atoms with Gasteiger partial charge in [0, 0.05) is 30.4 Å². The molecule has 1 aromatic carbocycles. The van der Waals surface area contributed by atoms with Crippen LogP contribution in [0.25, 0.3) is 5.65 Å². The molecule has 0 spiro atoms. The number of carbonyl (C=O) groups is 2. The molecule has 4 rings (SSSR count). The lowest BCUT2D eigenvalue weighted by Crippen LogP contribution is -2.31. The SMILES string of the molecule is Cc1cccn2cc(CNC(=O)CCC3Cc4ccccc4NC3=O)nc12. The lowest BCUT2D eigenvalue weighted by molar-refractivity contribution is -0.123. The van der Waals surface area contributed by atoms with Crippen molar-refractivity contribution in [1.29, 1.82) is 0 Å². The molecule has 3 aromatic rings. The Hall–Kier alpha value is -3.15. The molecule has 1 atom stereocenters. The zero-order valence-corrected chi connectivity index (χ0v) is 15.2. The summed E-state index contributed by atoms with van der Waals surface area (Å²) in [5.74, 6) is -0.226. The Kier molecular flexibility index (Phi) is 4.62. The number of nitrogens with one attached hydrogen (secondary N) is 2. The first-order chi connectivity index (χ1) is 13.1. The fraction of sp³-hybridized carbons (Fsp3) is 0.286. The molecule has 0 bridgehead atoms. The second-order valence-corrected chi connectivity index (χ2v) is 7.02. The second kappa shape index (κ2) is 7.23. The molecular weight excluding hydrogens is 340 g/mol. The third-order valence-electron chi connectivity index (χ3n) is 5.03. The minimum atomic E-state index is -0.163. The van der Waals surface area contributed by atoms with E-state index < -0.39 is 0 Å². The van der Waals surface area contributed by atoms with Crippen LogP contribution in [0.3, 0.4) is 0 Å². The van der Waals surface area contributed by atoms with Crippen molar-refractivity contribution in [3.05, 3.63) is 65.6 Å². The summed E-state index contributed by atoms with van der Waals surface area (Å²) in [6.45, 7) is 2.40. The number of benzene rings is 1. The summed E-state index contributed by atoms with van der Waals surface area (Å²) in [4.78, 5) is 29.0. The summed E-state index contributed by atoms with van der Waals surface area (Å²) in [7, 11) is 0. The van der Waals surface area contributed by atoms with Gasteiger partial charge in [0.05, 0.1) is 12.2 Å². The van der Waals surface area contributed by atoms with Gasteiger partial charge in [0.2, 0.25) is 11.8 Å². The number of aryl methyl sites for hydroxylation is 1. The Morgan fingerprint density at radius 1 is 1.30 bits per heavy atom. The summed E-state index contributed by atoms with van der Waals surface area (Å²) >= 11 is 0. The molecule has 1 aliphatic heterocycles. The van der Waals surface area contributed by atoms with Crippen molar-refractivity contribution in [1.82, 2.24) is 14.7 Å². The molecule has 1 unspecified atom stereocenters. The predicted molar refractivity (Wildman–Crippen MR) is 103 cm³/mol. The zero-order valence-electron chi connectivity index (χ0n) is 15.2. The van der Waals surface area contributed by atoms with Gasteiger partial charge in [0.15, 0.2) is 0 Å². The number of hydrogen-bond donors (Lipinski definition) is 2. The number of amides is 2. The molecule has 0 saturated heterocycles. The Balaban J connectivity index is 1.31. The van der Waals surface area contributed by atoms with Gasteiger partial charge in [0.25, 0.3) is 0 Å². The van der Waals surface area contributed by atoms with Gasteiger partial charge in [0.1, 0.15) is 5.65 Å². The van der Waals surface area contributed by atoms with Crippen molar-refractivity contribution in [2.24, 2.45) is 5.92 Å². The standard InChI is InChI=1S/C21H22N4O2/c1-14-5-4-10-25-13-17(23-20(14)25)12-22-19(26)9-8-16-11-15-6-2-3-7-18(15)24-21(16)27/h2-7,10,13,16H,8-9,11-12H2,1H3,(H,22,26)(H,24,27). The van der Waals surface area contributed by atoms with Crippen molar-refractivity contribution < 1.29 is 9.59 Å². The third-order valence-corrected chi connectivity index (χ3v) is 5.03. The maximum Gasteiger partial charge on any atom is 0.227 e. The number of anilines is 1. The summed E-state index contributed by atoms with van der Waals surface area (Å²) < 4.78 is 1.96. The van der Waals surface area contributed by atoms with E-state index >= 15 is 0 Å². The summed E-state index contributed by atoms with van der Waals surface area (Å²) in [5.41, 5.74) is 4.83. The van der Waals surface area contributed by atoms with E-state index in [2.05, 4.69) is 15.6 Å². The number of rotatable bonds is 5. The fourth-order valence-electron chi connectivity index (χ4n) is 3.52. The van der Waals surface area contributed by atoms with Crippen molar-refractivity contribution in [2.45, 2.75) is 32.7 Å². The second-order valence-electron chi connectivity index (χ2n) is 7.02. The minimum absolute atomic E-state index is 0.00248. The van der Waals surface area contributed by atoms with Crippen LogP contribution in [0.2, 0.25) is 0 Å². The number of hydrogen-bond acceptors (Lipinski definition) is 3. The van der Waals surface area contributed by atoms with Crippen molar-refractivity contribution in [3.8, 4) is 0 Å². The van der Waals surface area contributed by atoms with Crippen molar-refractivity contribution >= 4 is 23.1 Å². The number of carbonyl (C=O) groups excluding carboxylic acids is 2. The van der Waals surface area contributed by atoms with Crippen LogP contribution in [0.1, 0.15) is 29.7 Å². The van der Waals surface area contributed by atoms with Crippen LogP contribution in [0.5, 0.6) is 0 Å². The van der Waals surface area contributed by atoms with Gasteiger partial charge in [-0.05, 0) is 43.0 Å². The van der Waals surface area contributed by atoms with E-state index in [0.717, 1.165) is 28.2 Å². The topological polar surface area (TPSA) is 75.5 Å². The van der Waals surface area contributed by atoms with Crippen LogP contribution in [0.4, 0.5) is 5.69 Å². The van der Waals surface area contributed by atoms with E-state index in [1.165, 1.54) is 0 Å². The molecule has 0 saturated carbocycles. The van der Waals surface area contributed by atoms with Gasteiger partial charge in [-0.1, -0.05) is 24.3 Å². The van der Waals surface area contributed by atoms with E-state index in [4.69, 9.17) is 0 Å². The maximum absolute atomic E-state index is 12.2. The Morgan fingerprint density at radius 3 is 3.00 bits per heavy atom. The maximum atomic E-state index is 12.2. The summed E-state index contributed by atoms with van der Waals surface area (Å²) in [6.07, 6.45) is 5.41. The Morgan fingerprint density at radius 2 is 2.15 bits per heavy atom. The first-order valence-corrected chi connectivity index (χ1v) is 9.19. The molecular formula is C21H22N4O2. The Labute approximate surface area is 157 Å². The average Bonchev–Trinajstić information content (AvgIpc) is 3.09. The highest BCUT2D eigenvalue weighted by molar-refractivity contribution is 5.96. The number of fused-ring (bicyclic) bond motifs is 2. The molecule has 1 aliphatic rings. The lowest BCUT2D eigenvalue weighted by Gasteiger charge is -2.24. The van der Waals surface area contributed by atoms with Gasteiger partial charge in [-0.3, -0.25) is 9.59 Å². The van der Waals surface area contributed by atoms with E-state index in [9.17, 15) is 9.59 Å². The number of nitrogens with zero attached hydrogens (tertiary/aromatic N) is 2. The van der Waals surface area contributed by atoms with E-state index in [0.29, 0.717) is 25.8 Å². The van der Waals surface area contributed by atoms with Gasteiger partial charge in [-0.25, -0.2) is 4.98 Å². The minimum Gasteiger partial charge on any atom is -0.350 e. The van der Waals surface area contributed by atoms with Crippen LogP contribution in [0, 0.1) is 12.8 Å². The molecule has 6 heteroatoms. The Bertz CT molecular complexity index is 1010. The van der Waals surface area contributed by atoms with E-state index in [1.807, 2.05) is 60.1 Å². The van der Waals surface area contributed by atoms with Crippen LogP contribution >= 0.6 is 0 Å². The van der Waals surface area contributed by atoms with E-state index in [-0.39, 0.29) is 17.7 Å². The third kappa shape index (κ3) is 3.69. The van der Waals surface area contributed by atoms with Gasteiger partial charge in [-0.2, -0.15) is 0 Å². The molecule has 6 nitrogen and oxygen atoms in total. The highest BCUT2D eigenvalue weighted by Gasteiger charge is 2.26. The normalized spacial score (nSPS) is 16.0. The molecule has 2 aromatic heterocycles. The molecule has 138 valence electrons. The largest absolute Gasteiger partial charge is 0.350 e. The van der Waals surface area contributed by atoms with E-state index in [1.54, 1.807) is 0 Å². The molecule has 2 N–H and O–H groups in total. The van der Waals surface area contributed by atoms with Crippen LogP contribution in [-0.2, 0) is 22.6 Å². The average molecular weight is 362 g/mol. The van der Waals surface area contributed by atoms with Crippen molar-refractivity contribution in [2.75, 3.05) is 5.32 Å². The molecule has 3 heterocycles. The van der Waals surface area contributed by atoms with Gasteiger partial charge >= 0.3 is 0 Å². The molecule has 0 radical (unpaired) electrons. The van der Waals surface area contributed by atoms with Crippen LogP contribution in [0.15, 0.2) is 48.8 Å². The summed E-state index contributed by atoms with van der Waals surface area (Å²) in [6, 6.07) is 11.8.